The van der Waals surface area contributed by atoms with E-state index in [9.17, 15) is 4.79 Å². The highest BCUT2D eigenvalue weighted by Crippen LogP contribution is 2.18. The Morgan fingerprint density at radius 1 is 1.24 bits per heavy atom. The molecule has 1 aromatic rings. The predicted molar refractivity (Wildman–Crippen MR) is 82.1 cm³/mol. The Hall–Kier alpha value is -1.43. The van der Waals surface area contributed by atoms with Gasteiger partial charge in [0.25, 0.3) is 0 Å². The van der Waals surface area contributed by atoms with Crippen molar-refractivity contribution in [1.82, 2.24) is 20.3 Å². The summed E-state index contributed by atoms with van der Waals surface area (Å²) < 4.78 is 7.24. The Bertz CT molecular complexity index is 455. The molecule has 1 N–H and O–H groups in total. The van der Waals surface area contributed by atoms with Crippen LogP contribution >= 0.6 is 0 Å². The molecule has 0 atom stereocenters. The number of nitrogens with zero attached hydrogens (tertiary/aromatic N) is 3. The molecule has 0 aromatic carbocycles. The summed E-state index contributed by atoms with van der Waals surface area (Å²) in [5.74, 6) is 0.0123. The highest BCUT2D eigenvalue weighted by Gasteiger charge is 2.17. The maximum atomic E-state index is 11.6. The summed E-state index contributed by atoms with van der Waals surface area (Å²) in [4.78, 5) is 11.6. The summed E-state index contributed by atoms with van der Waals surface area (Å²) in [7, 11) is 0. The molecule has 0 saturated heterocycles. The lowest BCUT2D eigenvalue weighted by Gasteiger charge is -2.20. The topological polar surface area (TPSA) is 69.0 Å². The van der Waals surface area contributed by atoms with E-state index in [1.54, 1.807) is 4.68 Å². The van der Waals surface area contributed by atoms with Crippen molar-refractivity contribution in [2.45, 2.75) is 65.5 Å². The van der Waals surface area contributed by atoms with Crippen molar-refractivity contribution in [3.63, 3.8) is 0 Å². The first kappa shape index (κ1) is 17.6. The lowest BCUT2D eigenvalue weighted by Crippen LogP contribution is -2.40. The molecule has 1 aromatic heterocycles. The first-order chi connectivity index (χ1) is 9.58. The predicted octanol–water partition coefficient (Wildman–Crippen LogP) is 1.90. The standard InChI is InChI=1S/C15H28N4O2/c1-14(2,3)12-11-19(18-17-12)8-10-21-9-7-13(20)16-15(4,5)6/h11H,7-10H2,1-6H3,(H,16,20). The van der Waals surface area contributed by atoms with Crippen molar-refractivity contribution in [2.75, 3.05) is 13.2 Å². The second kappa shape index (κ2) is 7.02. The Balaban J connectivity index is 2.20. The number of rotatable bonds is 6. The molecule has 0 fully saturated rings. The van der Waals surface area contributed by atoms with Crippen LogP contribution in [-0.2, 0) is 21.5 Å². The van der Waals surface area contributed by atoms with Crippen LogP contribution < -0.4 is 5.32 Å². The van der Waals surface area contributed by atoms with Gasteiger partial charge in [-0.05, 0) is 20.8 Å². The van der Waals surface area contributed by atoms with Gasteiger partial charge in [0.15, 0.2) is 0 Å². The maximum absolute atomic E-state index is 11.6. The molecule has 0 radical (unpaired) electrons. The molecule has 6 heteroatoms. The third-order valence-corrected chi connectivity index (χ3v) is 2.76. The zero-order valence-electron chi connectivity index (χ0n) is 14.1. The molecular weight excluding hydrogens is 268 g/mol. The van der Waals surface area contributed by atoms with E-state index < -0.39 is 0 Å². The number of aromatic nitrogens is 3. The molecular formula is C15H28N4O2. The molecule has 0 aliphatic carbocycles. The molecule has 120 valence electrons. The van der Waals surface area contributed by atoms with Gasteiger partial charge in [0.1, 0.15) is 0 Å². The smallest absolute Gasteiger partial charge is 0.222 e. The van der Waals surface area contributed by atoms with Gasteiger partial charge >= 0.3 is 0 Å². The second-order valence-corrected chi connectivity index (χ2v) is 7.28. The Kier molecular flexibility index (Phi) is 5.89. The minimum atomic E-state index is -0.193. The molecule has 6 nitrogen and oxygen atoms in total. The second-order valence-electron chi connectivity index (χ2n) is 7.28. The van der Waals surface area contributed by atoms with Gasteiger partial charge < -0.3 is 10.1 Å². The van der Waals surface area contributed by atoms with Crippen LogP contribution in [0.2, 0.25) is 0 Å². The van der Waals surface area contributed by atoms with E-state index in [1.807, 2.05) is 27.0 Å². The van der Waals surface area contributed by atoms with Crippen molar-refractivity contribution in [1.29, 1.82) is 0 Å². The maximum Gasteiger partial charge on any atom is 0.222 e. The van der Waals surface area contributed by atoms with E-state index in [-0.39, 0.29) is 16.9 Å². The van der Waals surface area contributed by atoms with Crippen LogP contribution in [0.1, 0.15) is 53.7 Å². The average molecular weight is 296 g/mol. The van der Waals surface area contributed by atoms with Crippen LogP contribution in [0.3, 0.4) is 0 Å². The largest absolute Gasteiger partial charge is 0.379 e. The molecule has 0 saturated carbocycles. The van der Waals surface area contributed by atoms with Gasteiger partial charge in [-0.1, -0.05) is 26.0 Å². The van der Waals surface area contributed by atoms with E-state index in [0.717, 1.165) is 5.69 Å². The molecule has 0 spiro atoms. The molecule has 1 rings (SSSR count). The number of hydrogen-bond donors (Lipinski definition) is 1. The quantitative estimate of drug-likeness (QED) is 0.814. The zero-order chi connectivity index (χ0) is 16.1. The highest BCUT2D eigenvalue weighted by atomic mass is 16.5. The van der Waals surface area contributed by atoms with Gasteiger partial charge in [-0.3, -0.25) is 4.79 Å². The van der Waals surface area contributed by atoms with Crippen LogP contribution in [0.4, 0.5) is 0 Å². The normalized spacial score (nSPS) is 12.5. The molecule has 0 aliphatic heterocycles. The number of amides is 1. The number of carbonyl (C=O) groups is 1. The highest BCUT2D eigenvalue weighted by molar-refractivity contribution is 5.76. The number of nitrogens with one attached hydrogen (secondary N) is 1. The SMILES string of the molecule is CC(C)(C)NC(=O)CCOCCn1cc(C(C)(C)C)nn1. The minimum Gasteiger partial charge on any atom is -0.379 e. The fourth-order valence-electron chi connectivity index (χ4n) is 1.66. The molecule has 0 unspecified atom stereocenters. The van der Waals surface area contributed by atoms with Crippen LogP contribution in [0, 0.1) is 0 Å². The monoisotopic (exact) mass is 296 g/mol. The van der Waals surface area contributed by atoms with Crippen molar-refractivity contribution in [3.05, 3.63) is 11.9 Å². The molecule has 1 amide bonds. The van der Waals surface area contributed by atoms with Crippen LogP contribution in [0.15, 0.2) is 6.20 Å². The summed E-state index contributed by atoms with van der Waals surface area (Å²) in [5, 5.41) is 11.1. The van der Waals surface area contributed by atoms with Crippen LogP contribution in [0.5, 0.6) is 0 Å². The van der Waals surface area contributed by atoms with Gasteiger partial charge in [-0.2, -0.15) is 0 Å². The Morgan fingerprint density at radius 3 is 2.43 bits per heavy atom. The molecule has 1 heterocycles. The first-order valence-electron chi connectivity index (χ1n) is 7.37. The summed E-state index contributed by atoms with van der Waals surface area (Å²) >= 11 is 0. The van der Waals surface area contributed by atoms with Gasteiger partial charge in [-0.25, -0.2) is 4.68 Å². The third-order valence-electron chi connectivity index (χ3n) is 2.76. The van der Waals surface area contributed by atoms with Crippen LogP contribution in [-0.4, -0.2) is 39.7 Å². The van der Waals surface area contributed by atoms with Gasteiger partial charge in [0, 0.05) is 23.6 Å². The van der Waals surface area contributed by atoms with E-state index in [0.29, 0.717) is 26.2 Å². The summed E-state index contributed by atoms with van der Waals surface area (Å²) in [6.45, 7) is 13.8. The van der Waals surface area contributed by atoms with Crippen molar-refractivity contribution in [3.8, 4) is 0 Å². The van der Waals surface area contributed by atoms with Gasteiger partial charge in [0.2, 0.25) is 5.91 Å². The van der Waals surface area contributed by atoms with E-state index in [4.69, 9.17) is 4.74 Å². The average Bonchev–Trinajstić information content (AvgIpc) is 2.74. The van der Waals surface area contributed by atoms with E-state index in [2.05, 4.69) is 36.4 Å². The van der Waals surface area contributed by atoms with E-state index in [1.165, 1.54) is 0 Å². The first-order valence-corrected chi connectivity index (χ1v) is 7.37. The summed E-state index contributed by atoms with van der Waals surface area (Å²) in [6, 6.07) is 0. The summed E-state index contributed by atoms with van der Waals surface area (Å²) in [5.41, 5.74) is 0.776. The molecule has 0 bridgehead atoms. The third kappa shape index (κ3) is 7.22. The Labute approximate surface area is 127 Å². The zero-order valence-corrected chi connectivity index (χ0v) is 14.1. The number of ether oxygens (including phenoxy) is 1. The fourth-order valence-corrected chi connectivity index (χ4v) is 1.66. The van der Waals surface area contributed by atoms with Crippen molar-refractivity contribution < 1.29 is 9.53 Å². The number of hydrogen-bond acceptors (Lipinski definition) is 4. The Morgan fingerprint density at radius 2 is 1.90 bits per heavy atom. The van der Waals surface area contributed by atoms with Crippen molar-refractivity contribution in [2.24, 2.45) is 0 Å². The van der Waals surface area contributed by atoms with Crippen LogP contribution in [0.25, 0.3) is 0 Å². The molecule has 21 heavy (non-hydrogen) atoms. The lowest BCUT2D eigenvalue weighted by atomic mass is 9.93. The minimum absolute atomic E-state index is 0.00412. The summed E-state index contributed by atoms with van der Waals surface area (Å²) in [6.07, 6.45) is 2.32. The van der Waals surface area contributed by atoms with Crippen molar-refractivity contribution >= 4 is 5.91 Å². The fraction of sp³-hybridized carbons (Fsp3) is 0.800. The lowest BCUT2D eigenvalue weighted by molar-refractivity contribution is -0.123. The van der Waals surface area contributed by atoms with Gasteiger partial charge in [0.05, 0.1) is 25.5 Å². The molecule has 0 aliphatic rings. The van der Waals surface area contributed by atoms with Gasteiger partial charge in [-0.15, -0.1) is 5.10 Å². The number of carbonyl (C=O) groups excluding carboxylic acids is 1. The van der Waals surface area contributed by atoms with E-state index >= 15 is 0 Å².